The molecule has 1 aliphatic rings. The average molecular weight is 295 g/mol. The van der Waals surface area contributed by atoms with Crippen molar-refractivity contribution in [3.8, 4) is 6.07 Å². The molecule has 1 N–H and O–H groups in total. The van der Waals surface area contributed by atoms with Crippen LogP contribution in [0.3, 0.4) is 0 Å². The second-order valence-corrected chi connectivity index (χ2v) is 5.53. The molecule has 0 unspecified atom stereocenters. The van der Waals surface area contributed by atoms with Gasteiger partial charge in [-0.15, -0.1) is 0 Å². The zero-order valence-electron chi connectivity index (χ0n) is 12.4. The van der Waals surface area contributed by atoms with Gasteiger partial charge in [0.15, 0.2) is 0 Å². The second kappa shape index (κ2) is 6.12. The normalized spacial score (nSPS) is 18.8. The number of aromatic nitrogens is 1. The molecule has 1 aromatic heterocycles. The number of hydrogen-bond donors (Lipinski definition) is 1. The predicted molar refractivity (Wildman–Crippen MR) is 82.3 cm³/mol. The fourth-order valence-electron chi connectivity index (χ4n) is 2.72. The largest absolute Gasteiger partial charge is 0.381 e. The van der Waals surface area contributed by atoms with Crippen LogP contribution in [-0.2, 0) is 4.74 Å². The number of nitrogens with zero attached hydrogens (tertiary/aromatic N) is 2. The van der Waals surface area contributed by atoms with E-state index in [0.717, 1.165) is 17.5 Å². The Bertz CT molecular complexity index is 745. The van der Waals surface area contributed by atoms with Crippen LogP contribution >= 0.6 is 0 Å². The minimum atomic E-state index is -0.532. The third kappa shape index (κ3) is 2.78. The van der Waals surface area contributed by atoms with Crippen molar-refractivity contribution in [2.24, 2.45) is 5.92 Å². The van der Waals surface area contributed by atoms with E-state index in [0.29, 0.717) is 24.3 Å². The summed E-state index contributed by atoms with van der Waals surface area (Å²) in [4.78, 5) is 17.0. The third-order valence-corrected chi connectivity index (χ3v) is 3.97. The number of fused-ring (bicyclic) bond motifs is 1. The molecule has 0 radical (unpaired) electrons. The molecule has 1 aliphatic heterocycles. The van der Waals surface area contributed by atoms with E-state index in [9.17, 15) is 10.1 Å². The zero-order valence-corrected chi connectivity index (χ0v) is 12.4. The van der Waals surface area contributed by atoms with E-state index in [-0.39, 0.29) is 11.8 Å². The van der Waals surface area contributed by atoms with E-state index < -0.39 is 6.04 Å². The molecular formula is C17H17N3O2. The second-order valence-electron chi connectivity index (χ2n) is 5.53. The maximum absolute atomic E-state index is 12.6. The Morgan fingerprint density at radius 1 is 1.45 bits per heavy atom. The lowest BCUT2D eigenvalue weighted by Crippen LogP contribution is -2.39. The van der Waals surface area contributed by atoms with E-state index in [2.05, 4.69) is 16.4 Å². The molecule has 5 nitrogen and oxygen atoms in total. The number of amides is 1. The molecule has 0 bridgehead atoms. The van der Waals surface area contributed by atoms with Crippen LogP contribution in [0.15, 0.2) is 30.3 Å². The molecule has 0 spiro atoms. The summed E-state index contributed by atoms with van der Waals surface area (Å²) in [5.41, 5.74) is 2.02. The van der Waals surface area contributed by atoms with Gasteiger partial charge in [0, 0.05) is 23.6 Å². The summed E-state index contributed by atoms with van der Waals surface area (Å²) >= 11 is 0. The fourth-order valence-corrected chi connectivity index (χ4v) is 2.72. The number of nitriles is 1. The fraction of sp³-hybridized carbons (Fsp3) is 0.353. The number of ether oxygens (including phenoxy) is 1. The summed E-state index contributed by atoms with van der Waals surface area (Å²) < 4.78 is 5.30. The van der Waals surface area contributed by atoms with Gasteiger partial charge in [-0.25, -0.2) is 0 Å². The first-order valence-corrected chi connectivity index (χ1v) is 7.33. The Morgan fingerprint density at radius 2 is 2.32 bits per heavy atom. The van der Waals surface area contributed by atoms with Crippen LogP contribution < -0.4 is 5.32 Å². The quantitative estimate of drug-likeness (QED) is 0.942. The van der Waals surface area contributed by atoms with Gasteiger partial charge in [-0.1, -0.05) is 18.2 Å². The van der Waals surface area contributed by atoms with Crippen molar-refractivity contribution in [3.05, 3.63) is 41.6 Å². The highest BCUT2D eigenvalue weighted by Gasteiger charge is 2.27. The van der Waals surface area contributed by atoms with Crippen LogP contribution in [0.4, 0.5) is 0 Å². The van der Waals surface area contributed by atoms with Crippen molar-refractivity contribution in [2.45, 2.75) is 19.4 Å². The number of hydrogen-bond acceptors (Lipinski definition) is 4. The van der Waals surface area contributed by atoms with E-state index in [1.165, 1.54) is 0 Å². The molecule has 1 saturated heterocycles. The van der Waals surface area contributed by atoms with Gasteiger partial charge in [0.05, 0.1) is 23.8 Å². The molecule has 1 aromatic carbocycles. The highest BCUT2D eigenvalue weighted by atomic mass is 16.5. The molecule has 2 heterocycles. The van der Waals surface area contributed by atoms with Crippen LogP contribution in [0.1, 0.15) is 22.5 Å². The van der Waals surface area contributed by atoms with Gasteiger partial charge in [-0.05, 0) is 25.5 Å². The number of benzene rings is 1. The summed E-state index contributed by atoms with van der Waals surface area (Å²) in [7, 11) is 0. The summed E-state index contributed by atoms with van der Waals surface area (Å²) in [6.07, 6.45) is 0.797. The van der Waals surface area contributed by atoms with Crippen molar-refractivity contribution >= 4 is 16.8 Å². The maximum Gasteiger partial charge on any atom is 0.254 e. The van der Waals surface area contributed by atoms with Crippen LogP contribution in [0.5, 0.6) is 0 Å². The minimum Gasteiger partial charge on any atom is -0.381 e. The number of rotatable bonds is 3. The Kier molecular flexibility index (Phi) is 4.03. The molecule has 5 heteroatoms. The molecular weight excluding hydrogens is 278 g/mol. The van der Waals surface area contributed by atoms with Crippen molar-refractivity contribution in [2.75, 3.05) is 13.2 Å². The smallest absolute Gasteiger partial charge is 0.254 e. The standard InChI is InChI=1S/C17H17N3O2/c1-11-5-6-12-3-2-4-14(16(12)19-11)17(21)20-15(9-18)13-7-8-22-10-13/h2-6,13,15H,7-8,10H2,1H3,(H,20,21)/t13-,15+/m1/s1. The zero-order chi connectivity index (χ0) is 15.5. The van der Waals surface area contributed by atoms with Gasteiger partial charge in [0.25, 0.3) is 5.91 Å². The van der Waals surface area contributed by atoms with Gasteiger partial charge >= 0.3 is 0 Å². The first kappa shape index (κ1) is 14.5. The van der Waals surface area contributed by atoms with Crippen molar-refractivity contribution in [1.82, 2.24) is 10.3 Å². The van der Waals surface area contributed by atoms with Crippen LogP contribution in [0, 0.1) is 24.2 Å². The molecule has 1 fully saturated rings. The van der Waals surface area contributed by atoms with E-state index in [1.54, 1.807) is 6.07 Å². The topological polar surface area (TPSA) is 75.0 Å². The van der Waals surface area contributed by atoms with Crippen molar-refractivity contribution in [1.29, 1.82) is 5.26 Å². The van der Waals surface area contributed by atoms with Gasteiger partial charge < -0.3 is 10.1 Å². The van der Waals surface area contributed by atoms with Crippen molar-refractivity contribution in [3.63, 3.8) is 0 Å². The number of pyridine rings is 1. The number of para-hydroxylation sites is 1. The molecule has 3 rings (SSSR count). The molecule has 2 atom stereocenters. The van der Waals surface area contributed by atoms with E-state index >= 15 is 0 Å². The highest BCUT2D eigenvalue weighted by Crippen LogP contribution is 2.20. The van der Waals surface area contributed by atoms with Crippen LogP contribution in [0.25, 0.3) is 10.9 Å². The number of carbonyl (C=O) groups excluding carboxylic acids is 1. The van der Waals surface area contributed by atoms with Crippen LogP contribution in [-0.4, -0.2) is 30.1 Å². The Balaban J connectivity index is 1.88. The molecule has 22 heavy (non-hydrogen) atoms. The van der Waals surface area contributed by atoms with Gasteiger partial charge in [0.1, 0.15) is 6.04 Å². The summed E-state index contributed by atoms with van der Waals surface area (Å²) in [6, 6.07) is 11.0. The van der Waals surface area contributed by atoms with Crippen molar-refractivity contribution < 1.29 is 9.53 Å². The van der Waals surface area contributed by atoms with E-state index in [1.807, 2.05) is 31.2 Å². The predicted octanol–water partition coefficient (Wildman–Crippen LogP) is 2.20. The monoisotopic (exact) mass is 295 g/mol. The molecule has 0 saturated carbocycles. The first-order valence-electron chi connectivity index (χ1n) is 7.33. The number of aryl methyl sites for hydroxylation is 1. The Hall–Kier alpha value is -2.45. The Labute approximate surface area is 128 Å². The highest BCUT2D eigenvalue weighted by molar-refractivity contribution is 6.05. The lowest BCUT2D eigenvalue weighted by atomic mass is 9.99. The number of carbonyl (C=O) groups is 1. The first-order chi connectivity index (χ1) is 10.7. The minimum absolute atomic E-state index is 0.0543. The lowest BCUT2D eigenvalue weighted by Gasteiger charge is -2.17. The number of nitrogens with one attached hydrogen (secondary N) is 1. The van der Waals surface area contributed by atoms with Gasteiger partial charge in [-0.3, -0.25) is 9.78 Å². The Morgan fingerprint density at radius 3 is 3.05 bits per heavy atom. The third-order valence-electron chi connectivity index (χ3n) is 3.97. The van der Waals surface area contributed by atoms with Gasteiger partial charge in [-0.2, -0.15) is 5.26 Å². The molecule has 0 aliphatic carbocycles. The molecule has 1 amide bonds. The lowest BCUT2D eigenvalue weighted by molar-refractivity contribution is 0.0932. The maximum atomic E-state index is 12.6. The SMILES string of the molecule is Cc1ccc2cccc(C(=O)N[C@@H](C#N)[C@@H]3CCOC3)c2n1. The average Bonchev–Trinajstić information content (AvgIpc) is 3.06. The van der Waals surface area contributed by atoms with Gasteiger partial charge in [0.2, 0.25) is 0 Å². The summed E-state index contributed by atoms with van der Waals surface area (Å²) in [5.74, 6) is -0.208. The summed E-state index contributed by atoms with van der Waals surface area (Å²) in [5, 5.41) is 13.0. The molecule has 2 aromatic rings. The van der Waals surface area contributed by atoms with E-state index in [4.69, 9.17) is 4.74 Å². The summed E-state index contributed by atoms with van der Waals surface area (Å²) in [6.45, 7) is 3.06. The van der Waals surface area contributed by atoms with Crippen LogP contribution in [0.2, 0.25) is 0 Å². The molecule has 112 valence electrons.